The largest absolute Gasteiger partial charge is 0.456 e. The number of carbonyl (C=O) groups is 2. The summed E-state index contributed by atoms with van der Waals surface area (Å²) >= 11 is 0. The number of hydrogen-bond acceptors (Lipinski definition) is 3. The van der Waals surface area contributed by atoms with Crippen molar-refractivity contribution in [2.45, 2.75) is 63.8 Å². The lowest BCUT2D eigenvalue weighted by Crippen LogP contribution is -2.40. The zero-order valence-electron chi connectivity index (χ0n) is 12.1. The lowest BCUT2D eigenvalue weighted by Gasteiger charge is -2.17. The summed E-state index contributed by atoms with van der Waals surface area (Å²) in [6.07, 6.45) is 10.2. The molecule has 20 heavy (non-hydrogen) atoms. The van der Waals surface area contributed by atoms with E-state index < -0.39 is 0 Å². The van der Waals surface area contributed by atoms with Crippen LogP contribution in [0.3, 0.4) is 0 Å². The van der Waals surface area contributed by atoms with Crippen LogP contribution in [-0.2, 0) is 14.3 Å². The second-order valence-electron chi connectivity index (χ2n) is 6.78. The zero-order valence-corrected chi connectivity index (χ0v) is 12.1. The molecule has 1 amide bonds. The summed E-state index contributed by atoms with van der Waals surface area (Å²) in [7, 11) is 0. The average Bonchev–Trinajstić information content (AvgIpc) is 3.34. The molecule has 3 saturated carbocycles. The molecule has 0 spiro atoms. The molecule has 0 unspecified atom stereocenters. The van der Waals surface area contributed by atoms with Crippen molar-refractivity contribution in [2.24, 2.45) is 17.8 Å². The fourth-order valence-electron chi connectivity index (χ4n) is 3.41. The molecule has 112 valence electrons. The van der Waals surface area contributed by atoms with Crippen LogP contribution in [0.2, 0.25) is 0 Å². The van der Waals surface area contributed by atoms with Crippen molar-refractivity contribution in [1.82, 2.24) is 5.32 Å². The van der Waals surface area contributed by atoms with Gasteiger partial charge in [-0.05, 0) is 56.3 Å². The minimum absolute atomic E-state index is 0.0957. The first-order chi connectivity index (χ1) is 9.72. The van der Waals surface area contributed by atoms with Crippen LogP contribution in [0.1, 0.15) is 57.8 Å². The molecular weight excluding hydrogens is 254 g/mol. The molecule has 0 heterocycles. The molecule has 0 atom stereocenters. The number of esters is 1. The summed E-state index contributed by atoms with van der Waals surface area (Å²) in [6.45, 7) is -0.0957. The first kappa shape index (κ1) is 13.9. The van der Waals surface area contributed by atoms with Crippen LogP contribution in [-0.4, -0.2) is 24.5 Å². The van der Waals surface area contributed by atoms with Gasteiger partial charge in [0, 0.05) is 12.5 Å². The van der Waals surface area contributed by atoms with E-state index in [1.54, 1.807) is 0 Å². The van der Waals surface area contributed by atoms with Crippen LogP contribution in [0.15, 0.2) is 0 Å². The van der Waals surface area contributed by atoms with E-state index in [-0.39, 0.29) is 18.5 Å². The highest BCUT2D eigenvalue weighted by molar-refractivity contribution is 5.80. The average molecular weight is 279 g/mol. The van der Waals surface area contributed by atoms with Gasteiger partial charge in [0.1, 0.15) is 0 Å². The topological polar surface area (TPSA) is 55.4 Å². The Kier molecular flexibility index (Phi) is 4.27. The van der Waals surface area contributed by atoms with Crippen molar-refractivity contribution < 1.29 is 14.3 Å². The summed E-state index contributed by atoms with van der Waals surface area (Å²) in [6, 6.07) is 0.344. The Morgan fingerprint density at radius 1 is 1.00 bits per heavy atom. The fraction of sp³-hybridized carbons (Fsp3) is 0.875. The van der Waals surface area contributed by atoms with Gasteiger partial charge in [0.25, 0.3) is 5.91 Å². The summed E-state index contributed by atoms with van der Waals surface area (Å²) in [5, 5.41) is 3.07. The Balaban J connectivity index is 1.34. The molecule has 3 rings (SSSR count). The van der Waals surface area contributed by atoms with E-state index in [0.717, 1.165) is 12.8 Å². The van der Waals surface area contributed by atoms with Crippen molar-refractivity contribution in [3.8, 4) is 0 Å². The van der Waals surface area contributed by atoms with Gasteiger partial charge in [-0.2, -0.15) is 0 Å². The molecule has 3 aliphatic rings. The van der Waals surface area contributed by atoms with Gasteiger partial charge in [-0.3, -0.25) is 9.59 Å². The Labute approximate surface area is 120 Å². The standard InChI is InChI=1S/C16H25NO3/c18-14(17-16(12-5-6-12)13-7-8-13)10-20-15(19)9-11-3-1-2-4-11/h11-13,16H,1-10H2,(H,17,18). The molecular formula is C16H25NO3. The van der Waals surface area contributed by atoms with Gasteiger partial charge >= 0.3 is 5.97 Å². The normalized spacial score (nSPS) is 23.1. The number of carbonyl (C=O) groups excluding carboxylic acids is 2. The van der Waals surface area contributed by atoms with E-state index in [4.69, 9.17) is 4.74 Å². The molecule has 0 bridgehead atoms. The molecule has 4 nitrogen and oxygen atoms in total. The minimum atomic E-state index is -0.207. The summed E-state index contributed by atoms with van der Waals surface area (Å²) < 4.78 is 5.12. The molecule has 0 aromatic heterocycles. The predicted molar refractivity (Wildman–Crippen MR) is 74.9 cm³/mol. The lowest BCUT2D eigenvalue weighted by atomic mass is 10.0. The highest BCUT2D eigenvalue weighted by atomic mass is 16.5. The third-order valence-corrected chi connectivity index (χ3v) is 4.88. The maximum Gasteiger partial charge on any atom is 0.306 e. The maximum atomic E-state index is 11.9. The summed E-state index contributed by atoms with van der Waals surface area (Å²) in [5.41, 5.74) is 0. The second-order valence-corrected chi connectivity index (χ2v) is 6.78. The van der Waals surface area contributed by atoms with E-state index in [1.165, 1.54) is 38.5 Å². The predicted octanol–water partition coefficient (Wildman–Crippen LogP) is 2.41. The molecule has 0 aromatic rings. The molecule has 0 aliphatic heterocycles. The van der Waals surface area contributed by atoms with Crippen molar-refractivity contribution in [3.63, 3.8) is 0 Å². The smallest absolute Gasteiger partial charge is 0.306 e. The molecule has 0 saturated heterocycles. The Morgan fingerprint density at radius 2 is 1.60 bits per heavy atom. The molecule has 4 heteroatoms. The zero-order chi connectivity index (χ0) is 13.9. The van der Waals surface area contributed by atoms with Gasteiger partial charge in [0.2, 0.25) is 0 Å². The van der Waals surface area contributed by atoms with E-state index >= 15 is 0 Å². The van der Waals surface area contributed by atoms with E-state index in [2.05, 4.69) is 5.32 Å². The Bertz CT molecular complexity index is 356. The van der Waals surface area contributed by atoms with Gasteiger partial charge in [-0.15, -0.1) is 0 Å². The van der Waals surface area contributed by atoms with Gasteiger partial charge < -0.3 is 10.1 Å². The minimum Gasteiger partial charge on any atom is -0.456 e. The number of nitrogens with one attached hydrogen (secondary N) is 1. The van der Waals surface area contributed by atoms with E-state index in [1.807, 2.05) is 0 Å². The van der Waals surface area contributed by atoms with Crippen molar-refractivity contribution >= 4 is 11.9 Å². The van der Waals surface area contributed by atoms with Crippen molar-refractivity contribution in [2.75, 3.05) is 6.61 Å². The molecule has 3 fully saturated rings. The molecule has 3 aliphatic carbocycles. The van der Waals surface area contributed by atoms with Crippen LogP contribution in [0.25, 0.3) is 0 Å². The molecule has 0 radical (unpaired) electrons. The summed E-state index contributed by atoms with van der Waals surface area (Å²) in [4.78, 5) is 23.6. The third-order valence-electron chi connectivity index (χ3n) is 4.88. The van der Waals surface area contributed by atoms with Gasteiger partial charge in [-0.25, -0.2) is 0 Å². The Hall–Kier alpha value is -1.06. The number of amides is 1. The third kappa shape index (κ3) is 3.97. The SMILES string of the molecule is O=C(COC(=O)CC1CCCC1)NC(C1CC1)C1CC1. The number of hydrogen-bond donors (Lipinski definition) is 1. The number of rotatable bonds is 7. The van der Waals surface area contributed by atoms with Gasteiger partial charge in [0.15, 0.2) is 6.61 Å². The molecule has 0 aromatic carbocycles. The Morgan fingerprint density at radius 3 is 2.15 bits per heavy atom. The fourth-order valence-corrected chi connectivity index (χ4v) is 3.41. The van der Waals surface area contributed by atoms with Gasteiger partial charge in [0.05, 0.1) is 0 Å². The highest BCUT2D eigenvalue weighted by Gasteiger charge is 2.42. The monoisotopic (exact) mass is 279 g/mol. The first-order valence-corrected chi connectivity index (χ1v) is 8.17. The summed E-state index contributed by atoms with van der Waals surface area (Å²) in [5.74, 6) is 1.52. The number of ether oxygens (including phenoxy) is 1. The van der Waals surface area contributed by atoms with E-state index in [0.29, 0.717) is 30.2 Å². The first-order valence-electron chi connectivity index (χ1n) is 8.17. The van der Waals surface area contributed by atoms with Crippen LogP contribution >= 0.6 is 0 Å². The maximum absolute atomic E-state index is 11.9. The van der Waals surface area contributed by atoms with Crippen LogP contribution in [0.4, 0.5) is 0 Å². The second kappa shape index (κ2) is 6.15. The van der Waals surface area contributed by atoms with Crippen molar-refractivity contribution in [1.29, 1.82) is 0 Å². The van der Waals surface area contributed by atoms with Crippen LogP contribution in [0.5, 0.6) is 0 Å². The van der Waals surface area contributed by atoms with Crippen molar-refractivity contribution in [3.05, 3.63) is 0 Å². The van der Waals surface area contributed by atoms with Gasteiger partial charge in [-0.1, -0.05) is 12.8 Å². The quantitative estimate of drug-likeness (QED) is 0.728. The molecule has 1 N–H and O–H groups in total. The van der Waals surface area contributed by atoms with Crippen LogP contribution in [0, 0.1) is 17.8 Å². The highest BCUT2D eigenvalue weighted by Crippen LogP contribution is 2.44. The lowest BCUT2D eigenvalue weighted by molar-refractivity contribution is -0.149. The van der Waals surface area contributed by atoms with Crippen LogP contribution < -0.4 is 5.32 Å². The van der Waals surface area contributed by atoms with E-state index in [9.17, 15) is 9.59 Å².